The zero-order chi connectivity index (χ0) is 13.5. The topological polar surface area (TPSA) is 35.5 Å². The number of carbonyl (C=O) groups excluding carboxylic acids is 1. The standard InChI is InChI=1S/C16H22O3/c1-13(12-18-15-10-6-3-7-11-15)19-16(17)14-8-4-2-5-9-14/h3,6-7,10-11,13-14H,2,4-5,8-9,12H2,1H3. The van der Waals surface area contributed by atoms with Crippen LogP contribution in [0.1, 0.15) is 39.0 Å². The van der Waals surface area contributed by atoms with E-state index in [1.54, 1.807) is 0 Å². The van der Waals surface area contributed by atoms with Crippen molar-refractivity contribution < 1.29 is 14.3 Å². The van der Waals surface area contributed by atoms with Gasteiger partial charge in [0.05, 0.1) is 5.92 Å². The lowest BCUT2D eigenvalue weighted by Crippen LogP contribution is -2.27. The van der Waals surface area contributed by atoms with Gasteiger partial charge < -0.3 is 9.47 Å². The molecule has 0 N–H and O–H groups in total. The molecule has 1 fully saturated rings. The fraction of sp³-hybridized carbons (Fsp3) is 0.562. The minimum absolute atomic E-state index is 0.0520. The Hall–Kier alpha value is -1.51. The fourth-order valence-corrected chi connectivity index (χ4v) is 2.40. The monoisotopic (exact) mass is 262 g/mol. The van der Waals surface area contributed by atoms with Crippen LogP contribution < -0.4 is 4.74 Å². The molecule has 1 aliphatic carbocycles. The average molecular weight is 262 g/mol. The van der Waals surface area contributed by atoms with Crippen molar-refractivity contribution in [1.29, 1.82) is 0 Å². The molecule has 0 aromatic heterocycles. The van der Waals surface area contributed by atoms with Crippen LogP contribution in [0.25, 0.3) is 0 Å². The molecule has 1 aromatic rings. The second-order valence-electron chi connectivity index (χ2n) is 5.21. The smallest absolute Gasteiger partial charge is 0.309 e. The first kappa shape index (κ1) is 13.9. The summed E-state index contributed by atoms with van der Waals surface area (Å²) in [6.45, 7) is 2.28. The molecule has 0 aliphatic heterocycles. The molecule has 1 aromatic carbocycles. The van der Waals surface area contributed by atoms with Crippen molar-refractivity contribution in [3.8, 4) is 5.75 Å². The molecule has 1 aliphatic rings. The summed E-state index contributed by atoms with van der Waals surface area (Å²) in [6.07, 6.45) is 5.30. The zero-order valence-electron chi connectivity index (χ0n) is 11.5. The molecule has 1 atom stereocenters. The molecule has 1 saturated carbocycles. The molecule has 0 radical (unpaired) electrons. The molecular formula is C16H22O3. The summed E-state index contributed by atoms with van der Waals surface area (Å²) < 4.78 is 11.0. The van der Waals surface area contributed by atoms with Crippen LogP contribution in [0.4, 0.5) is 0 Å². The third-order valence-corrected chi connectivity index (χ3v) is 3.48. The first-order valence-electron chi connectivity index (χ1n) is 7.14. The maximum Gasteiger partial charge on any atom is 0.309 e. The molecule has 3 nitrogen and oxygen atoms in total. The predicted molar refractivity (Wildman–Crippen MR) is 74.1 cm³/mol. The van der Waals surface area contributed by atoms with E-state index in [1.165, 1.54) is 6.42 Å². The highest BCUT2D eigenvalue weighted by Gasteiger charge is 2.24. The summed E-state index contributed by atoms with van der Waals surface area (Å²) >= 11 is 0. The number of rotatable bonds is 5. The van der Waals surface area contributed by atoms with E-state index in [-0.39, 0.29) is 18.0 Å². The van der Waals surface area contributed by atoms with Crippen LogP contribution in [-0.4, -0.2) is 18.7 Å². The van der Waals surface area contributed by atoms with Crippen LogP contribution in [-0.2, 0) is 9.53 Å². The highest BCUT2D eigenvalue weighted by molar-refractivity contribution is 5.72. The number of benzene rings is 1. The Morgan fingerprint density at radius 2 is 1.89 bits per heavy atom. The van der Waals surface area contributed by atoms with E-state index >= 15 is 0 Å². The molecule has 0 amide bonds. The normalized spacial score (nSPS) is 17.7. The molecule has 0 saturated heterocycles. The first-order valence-corrected chi connectivity index (χ1v) is 7.14. The lowest BCUT2D eigenvalue weighted by molar-refractivity contribution is -0.155. The molecule has 2 rings (SSSR count). The largest absolute Gasteiger partial charge is 0.490 e. The highest BCUT2D eigenvalue weighted by atomic mass is 16.6. The third kappa shape index (κ3) is 4.58. The summed E-state index contributed by atoms with van der Waals surface area (Å²) in [5.41, 5.74) is 0. The molecule has 0 heterocycles. The second-order valence-corrected chi connectivity index (χ2v) is 5.21. The lowest BCUT2D eigenvalue weighted by atomic mass is 9.89. The van der Waals surface area contributed by atoms with Crippen LogP contribution in [0, 0.1) is 5.92 Å². The van der Waals surface area contributed by atoms with Crippen molar-refractivity contribution >= 4 is 5.97 Å². The number of hydrogen-bond donors (Lipinski definition) is 0. The van der Waals surface area contributed by atoms with E-state index < -0.39 is 0 Å². The first-order chi connectivity index (χ1) is 9.25. The van der Waals surface area contributed by atoms with Gasteiger partial charge in [0.1, 0.15) is 18.5 Å². The van der Waals surface area contributed by atoms with Crippen LogP contribution in [0.3, 0.4) is 0 Å². The van der Waals surface area contributed by atoms with E-state index in [2.05, 4.69) is 0 Å². The van der Waals surface area contributed by atoms with Gasteiger partial charge in [0.25, 0.3) is 0 Å². The Labute approximate surface area is 114 Å². The van der Waals surface area contributed by atoms with Gasteiger partial charge in [0.2, 0.25) is 0 Å². The third-order valence-electron chi connectivity index (χ3n) is 3.48. The predicted octanol–water partition coefficient (Wildman–Crippen LogP) is 3.58. The number of ether oxygens (including phenoxy) is 2. The Kier molecular flexibility index (Phi) is 5.25. The van der Waals surface area contributed by atoms with Gasteiger partial charge in [-0.2, -0.15) is 0 Å². The maximum atomic E-state index is 11.9. The quantitative estimate of drug-likeness (QED) is 0.761. The van der Waals surface area contributed by atoms with Crippen molar-refractivity contribution in [2.75, 3.05) is 6.61 Å². The molecule has 19 heavy (non-hydrogen) atoms. The van der Waals surface area contributed by atoms with Gasteiger partial charge in [0.15, 0.2) is 0 Å². The molecule has 1 unspecified atom stereocenters. The summed E-state index contributed by atoms with van der Waals surface area (Å²) in [7, 11) is 0. The Balaban J connectivity index is 1.71. The van der Waals surface area contributed by atoms with Gasteiger partial charge in [-0.1, -0.05) is 37.5 Å². The average Bonchev–Trinajstić information content (AvgIpc) is 2.47. The lowest BCUT2D eigenvalue weighted by Gasteiger charge is -2.22. The van der Waals surface area contributed by atoms with Crippen molar-refractivity contribution in [3.05, 3.63) is 30.3 Å². The molecular weight excluding hydrogens is 240 g/mol. The van der Waals surface area contributed by atoms with Gasteiger partial charge in [-0.3, -0.25) is 4.79 Å². The minimum atomic E-state index is -0.199. The van der Waals surface area contributed by atoms with Crippen molar-refractivity contribution in [2.24, 2.45) is 5.92 Å². The van der Waals surface area contributed by atoms with E-state index in [1.807, 2.05) is 37.3 Å². The number of esters is 1. The summed E-state index contributed by atoms with van der Waals surface area (Å²) in [5, 5.41) is 0. The van der Waals surface area contributed by atoms with E-state index in [0.29, 0.717) is 6.61 Å². The molecule has 0 bridgehead atoms. The Morgan fingerprint density at radius 3 is 2.58 bits per heavy atom. The Morgan fingerprint density at radius 1 is 1.21 bits per heavy atom. The molecule has 104 valence electrons. The SMILES string of the molecule is CC(COc1ccccc1)OC(=O)C1CCCCC1. The van der Waals surface area contributed by atoms with E-state index in [4.69, 9.17) is 9.47 Å². The molecule has 3 heteroatoms. The van der Waals surface area contributed by atoms with Crippen molar-refractivity contribution in [2.45, 2.75) is 45.1 Å². The van der Waals surface area contributed by atoms with Gasteiger partial charge >= 0.3 is 5.97 Å². The van der Waals surface area contributed by atoms with Crippen molar-refractivity contribution in [3.63, 3.8) is 0 Å². The van der Waals surface area contributed by atoms with Gasteiger partial charge in [0, 0.05) is 0 Å². The summed E-state index contributed by atoms with van der Waals surface area (Å²) in [6, 6.07) is 9.59. The van der Waals surface area contributed by atoms with Crippen LogP contribution in [0.5, 0.6) is 5.75 Å². The van der Waals surface area contributed by atoms with E-state index in [9.17, 15) is 4.79 Å². The highest BCUT2D eigenvalue weighted by Crippen LogP contribution is 2.25. The number of hydrogen-bond acceptors (Lipinski definition) is 3. The van der Waals surface area contributed by atoms with Crippen molar-refractivity contribution in [1.82, 2.24) is 0 Å². The zero-order valence-corrected chi connectivity index (χ0v) is 11.5. The van der Waals surface area contributed by atoms with Gasteiger partial charge in [-0.25, -0.2) is 0 Å². The fourth-order valence-electron chi connectivity index (χ4n) is 2.40. The van der Waals surface area contributed by atoms with Crippen LogP contribution in [0.2, 0.25) is 0 Å². The van der Waals surface area contributed by atoms with Gasteiger partial charge in [-0.15, -0.1) is 0 Å². The summed E-state index contributed by atoms with van der Waals surface area (Å²) in [4.78, 5) is 11.9. The minimum Gasteiger partial charge on any atom is -0.490 e. The van der Waals surface area contributed by atoms with Crippen LogP contribution in [0.15, 0.2) is 30.3 Å². The number of para-hydroxylation sites is 1. The van der Waals surface area contributed by atoms with Crippen LogP contribution >= 0.6 is 0 Å². The van der Waals surface area contributed by atoms with E-state index in [0.717, 1.165) is 31.4 Å². The van der Waals surface area contributed by atoms with Gasteiger partial charge in [-0.05, 0) is 31.9 Å². The number of carbonyl (C=O) groups is 1. The Bertz CT molecular complexity index is 382. The maximum absolute atomic E-state index is 11.9. The molecule has 0 spiro atoms. The summed E-state index contributed by atoms with van der Waals surface area (Å²) in [5.74, 6) is 0.861. The second kappa shape index (κ2) is 7.17.